The van der Waals surface area contributed by atoms with Gasteiger partial charge in [-0.15, -0.1) is 0 Å². The lowest BCUT2D eigenvalue weighted by atomic mass is 9.87. The number of carbonyl (C=O) groups excluding carboxylic acids is 2. The van der Waals surface area contributed by atoms with Crippen LogP contribution in [0.2, 0.25) is 0 Å². The quantitative estimate of drug-likeness (QED) is 0.790. The molecule has 1 heterocycles. The summed E-state index contributed by atoms with van der Waals surface area (Å²) in [5.41, 5.74) is 9.38. The Labute approximate surface area is 146 Å². The van der Waals surface area contributed by atoms with Gasteiger partial charge in [0.1, 0.15) is 0 Å². The number of nitrogens with one attached hydrogen (secondary N) is 2. The Kier molecular flexibility index (Phi) is 4.48. The minimum Gasteiger partial charge on any atom is -0.378 e. The van der Waals surface area contributed by atoms with E-state index in [1.165, 1.54) is 0 Å². The van der Waals surface area contributed by atoms with E-state index in [1.807, 2.05) is 25.1 Å². The summed E-state index contributed by atoms with van der Waals surface area (Å²) in [7, 11) is 3.74. The molecule has 2 amide bonds. The molecule has 2 aromatic rings. The summed E-state index contributed by atoms with van der Waals surface area (Å²) >= 11 is 0. The van der Waals surface area contributed by atoms with E-state index >= 15 is 0 Å². The number of fused-ring (bicyclic) bond motifs is 1. The van der Waals surface area contributed by atoms with Gasteiger partial charge >= 0.3 is 0 Å². The third-order valence-electron chi connectivity index (χ3n) is 4.64. The van der Waals surface area contributed by atoms with Crippen LogP contribution in [0.25, 0.3) is 0 Å². The molecule has 0 saturated carbocycles. The van der Waals surface area contributed by atoms with Crippen molar-refractivity contribution >= 4 is 23.2 Å². The lowest BCUT2D eigenvalue weighted by Crippen LogP contribution is -2.21. The molecule has 1 unspecified atom stereocenters. The molecule has 3 rings (SSSR count). The number of H-pyrrole nitrogens is 1. The topological polar surface area (TPSA) is 104 Å². The van der Waals surface area contributed by atoms with Crippen LogP contribution in [0.5, 0.6) is 0 Å². The van der Waals surface area contributed by atoms with Gasteiger partial charge in [-0.25, -0.2) is 0 Å². The van der Waals surface area contributed by atoms with Crippen LogP contribution in [-0.4, -0.2) is 36.1 Å². The summed E-state index contributed by atoms with van der Waals surface area (Å²) in [5.74, 6) is -0.388. The van der Waals surface area contributed by atoms with Gasteiger partial charge in [0, 0.05) is 31.0 Å². The van der Waals surface area contributed by atoms with Gasteiger partial charge in [-0.05, 0) is 43.4 Å². The fraction of sp³-hybridized carbons (Fsp3) is 0.389. The van der Waals surface area contributed by atoms with Crippen molar-refractivity contribution in [2.75, 3.05) is 24.3 Å². The second kappa shape index (κ2) is 6.58. The summed E-state index contributed by atoms with van der Waals surface area (Å²) in [6.45, 7) is 2.17. The van der Waals surface area contributed by atoms with Gasteiger partial charge in [0.25, 0.3) is 11.8 Å². The van der Waals surface area contributed by atoms with E-state index in [4.69, 9.17) is 5.73 Å². The van der Waals surface area contributed by atoms with Gasteiger partial charge in [-0.1, -0.05) is 6.92 Å². The number of hydrogen-bond donors (Lipinski definition) is 3. The lowest BCUT2D eigenvalue weighted by molar-refractivity contribution is 0.100. The Morgan fingerprint density at radius 2 is 2.12 bits per heavy atom. The van der Waals surface area contributed by atoms with E-state index in [9.17, 15) is 9.59 Å². The first-order valence-corrected chi connectivity index (χ1v) is 8.35. The maximum absolute atomic E-state index is 12.7. The number of nitrogens with zero attached hydrogens (tertiary/aromatic N) is 2. The highest BCUT2D eigenvalue weighted by Crippen LogP contribution is 2.27. The Hall–Kier alpha value is -2.83. The number of aromatic amines is 1. The molecule has 7 heteroatoms. The van der Waals surface area contributed by atoms with Gasteiger partial charge in [0.05, 0.1) is 11.3 Å². The number of aromatic nitrogens is 2. The molecule has 0 radical (unpaired) electrons. The van der Waals surface area contributed by atoms with Crippen molar-refractivity contribution < 1.29 is 9.59 Å². The molecular formula is C18H23N5O2. The predicted octanol–water partition coefficient (Wildman–Crippen LogP) is 1.95. The summed E-state index contributed by atoms with van der Waals surface area (Å²) in [6.07, 6.45) is 2.83. The third kappa shape index (κ3) is 3.35. The van der Waals surface area contributed by atoms with Gasteiger partial charge < -0.3 is 16.0 Å². The fourth-order valence-corrected chi connectivity index (χ4v) is 3.16. The first-order chi connectivity index (χ1) is 11.9. The molecular weight excluding hydrogens is 318 g/mol. The molecule has 1 aliphatic carbocycles. The molecule has 1 atom stereocenters. The monoisotopic (exact) mass is 341 g/mol. The van der Waals surface area contributed by atoms with Crippen molar-refractivity contribution in [3.05, 3.63) is 40.7 Å². The SMILES string of the molecule is CC1CCc2[nH]nc(C(=O)Nc3ccc(N(C)C)cc3C(N)=O)c2C1. The molecule has 7 nitrogen and oxygen atoms in total. The number of hydrogen-bond acceptors (Lipinski definition) is 4. The Bertz CT molecular complexity index is 825. The molecule has 0 spiro atoms. The number of aryl methyl sites for hydroxylation is 1. The van der Waals surface area contributed by atoms with Crippen LogP contribution in [0, 0.1) is 5.92 Å². The normalized spacial score (nSPS) is 16.2. The number of carbonyl (C=O) groups is 2. The van der Waals surface area contributed by atoms with Crippen molar-refractivity contribution in [1.82, 2.24) is 10.2 Å². The second-order valence-electron chi connectivity index (χ2n) is 6.82. The second-order valence-corrected chi connectivity index (χ2v) is 6.82. The zero-order valence-corrected chi connectivity index (χ0v) is 14.7. The number of nitrogens with two attached hydrogens (primary N) is 1. The van der Waals surface area contributed by atoms with Crippen LogP contribution >= 0.6 is 0 Å². The average Bonchev–Trinajstić information content (AvgIpc) is 2.97. The lowest BCUT2D eigenvalue weighted by Gasteiger charge is -2.18. The molecule has 1 aromatic carbocycles. The molecule has 0 saturated heterocycles. The average molecular weight is 341 g/mol. The summed E-state index contributed by atoms with van der Waals surface area (Å²) in [5, 5.41) is 9.94. The minimum atomic E-state index is -0.586. The van der Waals surface area contributed by atoms with E-state index in [0.717, 1.165) is 36.2 Å². The predicted molar refractivity (Wildman–Crippen MR) is 97.0 cm³/mol. The number of benzene rings is 1. The van der Waals surface area contributed by atoms with Crippen LogP contribution in [0.4, 0.5) is 11.4 Å². The molecule has 1 aliphatic rings. The largest absolute Gasteiger partial charge is 0.378 e. The molecule has 4 N–H and O–H groups in total. The number of rotatable bonds is 4. The van der Waals surface area contributed by atoms with Crippen molar-refractivity contribution in [3.63, 3.8) is 0 Å². The molecule has 0 bridgehead atoms. The van der Waals surface area contributed by atoms with E-state index in [2.05, 4.69) is 22.4 Å². The first kappa shape index (κ1) is 17.0. The highest BCUT2D eigenvalue weighted by molar-refractivity contribution is 6.09. The summed E-state index contributed by atoms with van der Waals surface area (Å²) in [6, 6.07) is 5.18. The van der Waals surface area contributed by atoms with Crippen molar-refractivity contribution in [3.8, 4) is 0 Å². The van der Waals surface area contributed by atoms with E-state index in [-0.39, 0.29) is 11.5 Å². The maximum Gasteiger partial charge on any atom is 0.276 e. The standard InChI is InChI=1S/C18H23N5O2/c1-10-4-6-15-12(8-10)16(22-21-15)18(25)20-14-7-5-11(23(2)3)9-13(14)17(19)24/h5,7,9-10H,4,6,8H2,1-3H3,(H2,19,24)(H,20,25)(H,21,22). The van der Waals surface area contributed by atoms with Crippen molar-refractivity contribution in [2.24, 2.45) is 11.7 Å². The highest BCUT2D eigenvalue weighted by atomic mass is 16.2. The zero-order chi connectivity index (χ0) is 18.1. The summed E-state index contributed by atoms with van der Waals surface area (Å²) in [4.78, 5) is 26.3. The van der Waals surface area contributed by atoms with E-state index < -0.39 is 5.91 Å². The molecule has 0 fully saturated rings. The highest BCUT2D eigenvalue weighted by Gasteiger charge is 2.25. The maximum atomic E-state index is 12.7. The minimum absolute atomic E-state index is 0.275. The molecule has 1 aromatic heterocycles. The van der Waals surface area contributed by atoms with Crippen molar-refractivity contribution in [1.29, 1.82) is 0 Å². The van der Waals surface area contributed by atoms with Gasteiger partial charge in [-0.2, -0.15) is 5.10 Å². The van der Waals surface area contributed by atoms with E-state index in [1.54, 1.807) is 12.1 Å². The van der Waals surface area contributed by atoms with Crippen LogP contribution in [0.3, 0.4) is 0 Å². The molecule has 25 heavy (non-hydrogen) atoms. The number of primary amides is 1. The van der Waals surface area contributed by atoms with Crippen LogP contribution in [0.1, 0.15) is 45.4 Å². The Morgan fingerprint density at radius 3 is 2.80 bits per heavy atom. The molecule has 0 aliphatic heterocycles. The van der Waals surface area contributed by atoms with E-state index in [0.29, 0.717) is 17.3 Å². The third-order valence-corrected chi connectivity index (χ3v) is 4.64. The Morgan fingerprint density at radius 1 is 1.36 bits per heavy atom. The summed E-state index contributed by atoms with van der Waals surface area (Å²) < 4.78 is 0. The Balaban J connectivity index is 1.89. The first-order valence-electron chi connectivity index (χ1n) is 8.35. The zero-order valence-electron chi connectivity index (χ0n) is 14.7. The van der Waals surface area contributed by atoms with Gasteiger partial charge in [0.15, 0.2) is 5.69 Å². The number of amides is 2. The van der Waals surface area contributed by atoms with Crippen LogP contribution < -0.4 is 16.0 Å². The molecule has 132 valence electrons. The van der Waals surface area contributed by atoms with Gasteiger partial charge in [-0.3, -0.25) is 14.7 Å². The van der Waals surface area contributed by atoms with Crippen molar-refractivity contribution in [2.45, 2.75) is 26.2 Å². The van der Waals surface area contributed by atoms with Crippen LogP contribution in [0.15, 0.2) is 18.2 Å². The smallest absolute Gasteiger partial charge is 0.276 e. The van der Waals surface area contributed by atoms with Gasteiger partial charge in [0.2, 0.25) is 0 Å². The number of anilines is 2. The fourth-order valence-electron chi connectivity index (χ4n) is 3.16. The van der Waals surface area contributed by atoms with Crippen LogP contribution in [-0.2, 0) is 12.8 Å².